The van der Waals surface area contributed by atoms with E-state index in [9.17, 15) is 9.59 Å². The molecule has 1 aromatic heterocycles. The van der Waals surface area contributed by atoms with Gasteiger partial charge < -0.3 is 10.1 Å². The van der Waals surface area contributed by atoms with Crippen molar-refractivity contribution in [3.63, 3.8) is 0 Å². The Morgan fingerprint density at radius 3 is 2.48 bits per heavy atom. The molecule has 2 aromatic carbocycles. The zero-order valence-electron chi connectivity index (χ0n) is 15.3. The van der Waals surface area contributed by atoms with E-state index < -0.39 is 5.97 Å². The third kappa shape index (κ3) is 4.67. The summed E-state index contributed by atoms with van der Waals surface area (Å²) in [4.78, 5) is 32.6. The lowest BCUT2D eigenvalue weighted by Gasteiger charge is -2.14. The molecular formula is C21H21N3O3. The molecule has 138 valence electrons. The molecule has 0 fully saturated rings. The van der Waals surface area contributed by atoms with Crippen molar-refractivity contribution in [1.29, 1.82) is 0 Å². The second-order valence-electron chi connectivity index (χ2n) is 6.20. The molecule has 27 heavy (non-hydrogen) atoms. The van der Waals surface area contributed by atoms with Gasteiger partial charge in [0.1, 0.15) is 0 Å². The fourth-order valence-corrected chi connectivity index (χ4v) is 2.67. The summed E-state index contributed by atoms with van der Waals surface area (Å²) >= 11 is 0. The van der Waals surface area contributed by atoms with Crippen molar-refractivity contribution in [3.05, 3.63) is 71.5 Å². The highest BCUT2D eigenvalue weighted by Gasteiger charge is 2.15. The van der Waals surface area contributed by atoms with Crippen LogP contribution in [0.25, 0.3) is 11.0 Å². The van der Waals surface area contributed by atoms with E-state index in [0.29, 0.717) is 11.0 Å². The van der Waals surface area contributed by atoms with Crippen LogP contribution >= 0.6 is 0 Å². The molecule has 1 amide bonds. The number of hydrogen-bond donors (Lipinski definition) is 1. The predicted molar refractivity (Wildman–Crippen MR) is 102 cm³/mol. The van der Waals surface area contributed by atoms with E-state index in [2.05, 4.69) is 22.2 Å². The fraction of sp³-hybridized carbons (Fsp3) is 0.238. The Hall–Kier alpha value is -3.28. The molecule has 0 bridgehead atoms. The van der Waals surface area contributed by atoms with Gasteiger partial charge in [0.15, 0.2) is 12.3 Å². The summed E-state index contributed by atoms with van der Waals surface area (Å²) in [5, 5.41) is 2.82. The van der Waals surface area contributed by atoms with Gasteiger partial charge in [0.2, 0.25) is 0 Å². The largest absolute Gasteiger partial charge is 0.451 e. The first-order valence-electron chi connectivity index (χ1n) is 8.84. The quantitative estimate of drug-likeness (QED) is 0.680. The third-order valence-electron chi connectivity index (χ3n) is 4.26. The maximum absolute atomic E-state index is 12.1. The van der Waals surface area contributed by atoms with E-state index in [-0.39, 0.29) is 24.2 Å². The number of nitrogens with one attached hydrogen (secondary N) is 1. The molecule has 1 N–H and O–H groups in total. The van der Waals surface area contributed by atoms with Crippen LogP contribution in [0.15, 0.2) is 54.7 Å². The van der Waals surface area contributed by atoms with Gasteiger partial charge in [-0.2, -0.15) is 0 Å². The average Bonchev–Trinajstić information content (AvgIpc) is 2.71. The molecule has 3 aromatic rings. The van der Waals surface area contributed by atoms with E-state index in [4.69, 9.17) is 4.74 Å². The lowest BCUT2D eigenvalue weighted by Crippen LogP contribution is -2.31. The Bertz CT molecular complexity index is 954. The van der Waals surface area contributed by atoms with Crippen LogP contribution in [0.3, 0.4) is 0 Å². The first-order valence-corrected chi connectivity index (χ1v) is 8.84. The zero-order valence-corrected chi connectivity index (χ0v) is 15.3. The van der Waals surface area contributed by atoms with E-state index in [1.165, 1.54) is 11.8 Å². The Balaban J connectivity index is 1.54. The Morgan fingerprint density at radius 2 is 1.78 bits per heavy atom. The number of benzene rings is 2. The van der Waals surface area contributed by atoms with Crippen LogP contribution in [-0.4, -0.2) is 28.5 Å². The van der Waals surface area contributed by atoms with Crippen LogP contribution in [0.4, 0.5) is 0 Å². The monoisotopic (exact) mass is 363 g/mol. The minimum Gasteiger partial charge on any atom is -0.451 e. The summed E-state index contributed by atoms with van der Waals surface area (Å²) < 4.78 is 5.06. The molecule has 0 aliphatic carbocycles. The summed E-state index contributed by atoms with van der Waals surface area (Å²) in [6.45, 7) is 3.61. The van der Waals surface area contributed by atoms with E-state index in [1.807, 2.05) is 43.3 Å². The number of fused-ring (bicyclic) bond motifs is 1. The predicted octanol–water partition coefficient (Wildman–Crippen LogP) is 3.23. The standard InChI is InChI=1S/C21H21N3O3/c1-3-15-8-10-16(11-9-15)14(2)23-20(25)13-27-21(26)19-12-22-17-6-4-5-7-18(17)24-19/h4-12,14H,3,13H2,1-2H3,(H,23,25). The molecule has 0 saturated carbocycles. The zero-order chi connectivity index (χ0) is 19.2. The van der Waals surface area contributed by atoms with Crippen molar-refractivity contribution < 1.29 is 14.3 Å². The van der Waals surface area contributed by atoms with Crippen LogP contribution in [0.2, 0.25) is 0 Å². The summed E-state index contributed by atoms with van der Waals surface area (Å²) in [5.74, 6) is -1.05. The molecule has 0 saturated heterocycles. The number of para-hydroxylation sites is 2. The number of carbonyl (C=O) groups excluding carboxylic acids is 2. The van der Waals surface area contributed by atoms with Crippen LogP contribution < -0.4 is 5.32 Å². The van der Waals surface area contributed by atoms with Gasteiger partial charge in [-0.3, -0.25) is 9.78 Å². The van der Waals surface area contributed by atoms with E-state index >= 15 is 0 Å². The molecular weight excluding hydrogens is 342 g/mol. The maximum Gasteiger partial charge on any atom is 0.359 e. The molecule has 6 nitrogen and oxygen atoms in total. The molecule has 0 aliphatic rings. The highest BCUT2D eigenvalue weighted by Crippen LogP contribution is 2.14. The Kier molecular flexibility index (Phi) is 5.76. The third-order valence-corrected chi connectivity index (χ3v) is 4.26. The van der Waals surface area contributed by atoms with Gasteiger partial charge in [-0.15, -0.1) is 0 Å². The van der Waals surface area contributed by atoms with Crippen molar-refractivity contribution >= 4 is 22.9 Å². The van der Waals surface area contributed by atoms with Gasteiger partial charge in [-0.1, -0.05) is 43.3 Å². The van der Waals surface area contributed by atoms with Crippen LogP contribution in [-0.2, 0) is 16.0 Å². The second-order valence-corrected chi connectivity index (χ2v) is 6.20. The molecule has 1 atom stereocenters. The van der Waals surface area contributed by atoms with Crippen molar-refractivity contribution in [2.45, 2.75) is 26.3 Å². The van der Waals surface area contributed by atoms with Crippen LogP contribution in [0.1, 0.15) is 41.5 Å². The number of hydrogen-bond acceptors (Lipinski definition) is 5. The van der Waals surface area contributed by atoms with Gasteiger partial charge in [0.05, 0.1) is 23.3 Å². The van der Waals surface area contributed by atoms with Crippen molar-refractivity contribution in [3.8, 4) is 0 Å². The molecule has 6 heteroatoms. The lowest BCUT2D eigenvalue weighted by atomic mass is 10.1. The van der Waals surface area contributed by atoms with Gasteiger partial charge in [0, 0.05) is 0 Å². The molecule has 0 aliphatic heterocycles. The molecule has 3 rings (SSSR count). The topological polar surface area (TPSA) is 81.2 Å². The normalized spacial score (nSPS) is 11.8. The number of nitrogens with zero attached hydrogens (tertiary/aromatic N) is 2. The highest BCUT2D eigenvalue weighted by atomic mass is 16.5. The number of ether oxygens (including phenoxy) is 1. The lowest BCUT2D eigenvalue weighted by molar-refractivity contribution is -0.124. The summed E-state index contributed by atoms with van der Waals surface area (Å²) in [7, 11) is 0. The first-order chi connectivity index (χ1) is 13.1. The fourth-order valence-electron chi connectivity index (χ4n) is 2.67. The first kappa shape index (κ1) is 18.5. The van der Waals surface area contributed by atoms with Crippen LogP contribution in [0, 0.1) is 0 Å². The summed E-state index contributed by atoms with van der Waals surface area (Å²) in [6.07, 6.45) is 2.31. The van der Waals surface area contributed by atoms with Crippen molar-refractivity contribution in [2.75, 3.05) is 6.61 Å². The van der Waals surface area contributed by atoms with Crippen molar-refractivity contribution in [2.24, 2.45) is 0 Å². The smallest absolute Gasteiger partial charge is 0.359 e. The highest BCUT2D eigenvalue weighted by molar-refractivity contribution is 5.91. The SMILES string of the molecule is CCc1ccc(C(C)NC(=O)COC(=O)c2cnc3ccccc3n2)cc1. The van der Waals surface area contributed by atoms with Crippen molar-refractivity contribution in [1.82, 2.24) is 15.3 Å². The minimum atomic E-state index is -0.677. The summed E-state index contributed by atoms with van der Waals surface area (Å²) in [5.41, 5.74) is 3.59. The minimum absolute atomic E-state index is 0.0738. The number of amides is 1. The number of carbonyl (C=O) groups is 2. The Labute approximate surface area is 157 Å². The summed E-state index contributed by atoms with van der Waals surface area (Å²) in [6, 6.07) is 15.1. The van der Waals surface area contributed by atoms with Crippen LogP contribution in [0.5, 0.6) is 0 Å². The number of rotatable bonds is 6. The van der Waals surface area contributed by atoms with Gasteiger partial charge in [-0.05, 0) is 36.6 Å². The average molecular weight is 363 g/mol. The molecule has 0 spiro atoms. The molecule has 0 radical (unpaired) electrons. The Morgan fingerprint density at radius 1 is 1.07 bits per heavy atom. The second kappa shape index (κ2) is 8.40. The van der Waals surface area contributed by atoms with E-state index in [0.717, 1.165) is 12.0 Å². The number of aromatic nitrogens is 2. The molecule has 1 unspecified atom stereocenters. The van der Waals surface area contributed by atoms with Gasteiger partial charge in [-0.25, -0.2) is 9.78 Å². The number of aryl methyl sites for hydroxylation is 1. The molecule has 1 heterocycles. The van der Waals surface area contributed by atoms with E-state index in [1.54, 1.807) is 12.1 Å². The number of esters is 1. The van der Waals surface area contributed by atoms with Gasteiger partial charge in [0.25, 0.3) is 5.91 Å². The van der Waals surface area contributed by atoms with Gasteiger partial charge >= 0.3 is 5.97 Å². The maximum atomic E-state index is 12.1.